The van der Waals surface area contributed by atoms with Crippen LogP contribution in [0.25, 0.3) is 22.2 Å². The summed E-state index contributed by atoms with van der Waals surface area (Å²) in [6, 6.07) is 5.87. The van der Waals surface area contributed by atoms with E-state index < -0.39 is 0 Å². The first-order chi connectivity index (χ1) is 11.2. The molecule has 1 unspecified atom stereocenters. The Bertz CT molecular complexity index is 888. The van der Waals surface area contributed by atoms with E-state index in [0.717, 1.165) is 40.1 Å². The van der Waals surface area contributed by atoms with Crippen LogP contribution >= 0.6 is 0 Å². The molecule has 2 N–H and O–H groups in total. The third kappa shape index (κ3) is 2.18. The second-order valence-corrected chi connectivity index (χ2v) is 5.73. The highest BCUT2D eigenvalue weighted by Crippen LogP contribution is 2.39. The Morgan fingerprint density at radius 3 is 3.00 bits per heavy atom. The zero-order valence-corrected chi connectivity index (χ0v) is 13.1. The molecule has 0 fully saturated rings. The van der Waals surface area contributed by atoms with E-state index in [2.05, 4.69) is 16.9 Å². The van der Waals surface area contributed by atoms with Gasteiger partial charge in [-0.25, -0.2) is 9.97 Å². The zero-order valence-electron chi connectivity index (χ0n) is 13.1. The third-order valence-electron chi connectivity index (χ3n) is 4.19. The van der Waals surface area contributed by atoms with Gasteiger partial charge >= 0.3 is 0 Å². The van der Waals surface area contributed by atoms with Crippen molar-refractivity contribution in [3.05, 3.63) is 30.7 Å². The van der Waals surface area contributed by atoms with Crippen molar-refractivity contribution in [2.45, 2.75) is 19.4 Å². The summed E-state index contributed by atoms with van der Waals surface area (Å²) in [5, 5.41) is 0. The minimum atomic E-state index is 0.0840. The van der Waals surface area contributed by atoms with Gasteiger partial charge in [0.2, 0.25) is 0 Å². The number of nitrogens with zero attached hydrogens (tertiary/aromatic N) is 3. The van der Waals surface area contributed by atoms with E-state index in [1.54, 1.807) is 12.5 Å². The lowest BCUT2D eigenvalue weighted by Gasteiger charge is -2.26. The van der Waals surface area contributed by atoms with E-state index in [9.17, 15) is 0 Å². The minimum Gasteiger partial charge on any atom is -0.486 e. The Hall–Kier alpha value is -2.76. The maximum absolute atomic E-state index is 6.15. The topological polar surface area (TPSA) is 75.2 Å². The molecule has 118 valence electrons. The molecule has 1 aliphatic heterocycles. The smallest absolute Gasteiger partial charge is 0.162 e. The molecule has 1 aromatic carbocycles. The average molecular weight is 310 g/mol. The largest absolute Gasteiger partial charge is 0.486 e. The van der Waals surface area contributed by atoms with E-state index in [1.807, 2.05) is 29.8 Å². The predicted octanol–water partition coefficient (Wildman–Crippen LogP) is 2.77. The van der Waals surface area contributed by atoms with Crippen LogP contribution in [0, 0.1) is 0 Å². The summed E-state index contributed by atoms with van der Waals surface area (Å²) < 4.78 is 13.7. The van der Waals surface area contributed by atoms with Crippen LogP contribution in [-0.4, -0.2) is 27.2 Å². The molecular weight excluding hydrogens is 292 g/mol. The van der Waals surface area contributed by atoms with E-state index in [4.69, 9.17) is 15.2 Å². The van der Waals surface area contributed by atoms with Crippen molar-refractivity contribution in [3.8, 4) is 22.6 Å². The van der Waals surface area contributed by atoms with E-state index >= 15 is 0 Å². The molecule has 1 aliphatic rings. The molecule has 6 heteroatoms. The molecular formula is C17H18N4O2. The molecule has 23 heavy (non-hydrogen) atoms. The Morgan fingerprint density at radius 1 is 1.30 bits per heavy atom. The summed E-state index contributed by atoms with van der Waals surface area (Å²) in [4.78, 5) is 8.62. The van der Waals surface area contributed by atoms with Crippen LogP contribution in [0.2, 0.25) is 0 Å². The van der Waals surface area contributed by atoms with Gasteiger partial charge in [-0.05, 0) is 24.1 Å². The van der Waals surface area contributed by atoms with Crippen LogP contribution < -0.4 is 15.2 Å². The van der Waals surface area contributed by atoms with Gasteiger partial charge in [0.1, 0.15) is 24.0 Å². The molecule has 6 nitrogen and oxygen atoms in total. The number of rotatable bonds is 2. The first-order valence-corrected chi connectivity index (χ1v) is 7.66. The van der Waals surface area contributed by atoms with E-state index in [-0.39, 0.29) is 6.10 Å². The van der Waals surface area contributed by atoms with Crippen molar-refractivity contribution in [1.82, 2.24) is 14.5 Å². The molecule has 0 bridgehead atoms. The van der Waals surface area contributed by atoms with E-state index in [1.165, 1.54) is 0 Å². The maximum Gasteiger partial charge on any atom is 0.162 e. The van der Waals surface area contributed by atoms with Crippen molar-refractivity contribution in [3.63, 3.8) is 0 Å². The molecule has 0 amide bonds. The molecule has 2 aromatic heterocycles. The highest BCUT2D eigenvalue weighted by Gasteiger charge is 2.21. The van der Waals surface area contributed by atoms with Gasteiger partial charge in [-0.2, -0.15) is 0 Å². The monoisotopic (exact) mass is 310 g/mol. The highest BCUT2D eigenvalue weighted by atomic mass is 16.6. The fraction of sp³-hybridized carbons (Fsp3) is 0.294. The van der Waals surface area contributed by atoms with Gasteiger partial charge in [0.15, 0.2) is 11.5 Å². The summed E-state index contributed by atoms with van der Waals surface area (Å²) in [6.45, 7) is 2.67. The quantitative estimate of drug-likeness (QED) is 0.787. The van der Waals surface area contributed by atoms with Gasteiger partial charge in [-0.1, -0.05) is 13.0 Å². The number of imidazole rings is 1. The van der Waals surface area contributed by atoms with Crippen LogP contribution in [0.15, 0.2) is 30.7 Å². The second-order valence-electron chi connectivity index (χ2n) is 5.73. The molecule has 0 saturated carbocycles. The molecule has 0 spiro atoms. The van der Waals surface area contributed by atoms with Crippen molar-refractivity contribution in [2.75, 3.05) is 12.3 Å². The molecule has 3 heterocycles. The van der Waals surface area contributed by atoms with Gasteiger partial charge in [0.05, 0.1) is 23.6 Å². The minimum absolute atomic E-state index is 0.0840. The summed E-state index contributed by atoms with van der Waals surface area (Å²) in [7, 11) is 1.95. The van der Waals surface area contributed by atoms with Gasteiger partial charge in [-0.3, -0.25) is 0 Å². The van der Waals surface area contributed by atoms with Gasteiger partial charge < -0.3 is 19.8 Å². The fourth-order valence-electron chi connectivity index (χ4n) is 2.92. The molecule has 1 atom stereocenters. The first kappa shape index (κ1) is 13.9. The number of aryl methyl sites for hydroxylation is 1. The Kier molecular flexibility index (Phi) is 3.11. The average Bonchev–Trinajstić information content (AvgIpc) is 2.95. The molecule has 3 aromatic rings. The Labute approximate surface area is 133 Å². The number of nitrogen functional groups attached to an aromatic ring is 1. The van der Waals surface area contributed by atoms with Crippen molar-refractivity contribution >= 4 is 16.9 Å². The molecule has 0 aliphatic carbocycles. The van der Waals surface area contributed by atoms with Crippen molar-refractivity contribution in [2.24, 2.45) is 7.05 Å². The summed E-state index contributed by atoms with van der Waals surface area (Å²) in [6.07, 6.45) is 4.45. The number of fused-ring (bicyclic) bond motifs is 2. The van der Waals surface area contributed by atoms with Crippen LogP contribution in [-0.2, 0) is 7.05 Å². The first-order valence-electron chi connectivity index (χ1n) is 7.66. The second kappa shape index (κ2) is 5.15. The lowest BCUT2D eigenvalue weighted by Crippen LogP contribution is -2.28. The van der Waals surface area contributed by atoms with Gasteiger partial charge in [0, 0.05) is 7.05 Å². The standard InChI is InChI=1S/C17H18N4O2/c1-3-11-8-22-13-5-4-10(6-14(13)23-11)15-16-12(7-19-17(15)18)20-9-21(16)2/h4-7,9,11H,3,8H2,1-2H3,(H2,18,19). The number of hydrogen-bond donors (Lipinski definition) is 1. The Balaban J connectivity index is 1.89. The molecule has 0 saturated heterocycles. The summed E-state index contributed by atoms with van der Waals surface area (Å²) in [5.41, 5.74) is 9.74. The van der Waals surface area contributed by atoms with Gasteiger partial charge in [-0.15, -0.1) is 0 Å². The number of aromatic nitrogens is 3. The number of benzene rings is 1. The normalized spacial score (nSPS) is 16.7. The van der Waals surface area contributed by atoms with Crippen LogP contribution in [0.3, 0.4) is 0 Å². The number of anilines is 1. The highest BCUT2D eigenvalue weighted by molar-refractivity contribution is 5.97. The van der Waals surface area contributed by atoms with Crippen molar-refractivity contribution < 1.29 is 9.47 Å². The number of pyridine rings is 1. The lowest BCUT2D eigenvalue weighted by atomic mass is 10.0. The molecule has 0 radical (unpaired) electrons. The summed E-state index contributed by atoms with van der Waals surface area (Å²) >= 11 is 0. The third-order valence-corrected chi connectivity index (χ3v) is 4.19. The zero-order chi connectivity index (χ0) is 16.0. The van der Waals surface area contributed by atoms with Crippen LogP contribution in [0.5, 0.6) is 11.5 Å². The maximum atomic E-state index is 6.15. The fourth-order valence-corrected chi connectivity index (χ4v) is 2.92. The number of ether oxygens (including phenoxy) is 2. The Morgan fingerprint density at radius 2 is 2.17 bits per heavy atom. The lowest BCUT2D eigenvalue weighted by molar-refractivity contribution is 0.0885. The van der Waals surface area contributed by atoms with Gasteiger partial charge in [0.25, 0.3) is 0 Å². The number of hydrogen-bond acceptors (Lipinski definition) is 5. The summed E-state index contributed by atoms with van der Waals surface area (Å²) in [5.74, 6) is 1.99. The van der Waals surface area contributed by atoms with Crippen molar-refractivity contribution in [1.29, 1.82) is 0 Å². The SMILES string of the molecule is CCC1COc2ccc(-c3c(N)ncc4ncn(C)c34)cc2O1. The van der Waals surface area contributed by atoms with Crippen LogP contribution in [0.1, 0.15) is 13.3 Å². The number of nitrogens with two attached hydrogens (primary N) is 1. The van der Waals surface area contributed by atoms with Crippen LogP contribution in [0.4, 0.5) is 5.82 Å². The van der Waals surface area contributed by atoms with E-state index in [0.29, 0.717) is 12.4 Å². The predicted molar refractivity (Wildman–Crippen MR) is 88.6 cm³/mol. The molecule has 4 rings (SSSR count).